The Bertz CT molecular complexity index is 520. The normalized spacial score (nSPS) is 19.4. The molecule has 0 radical (unpaired) electrons. The molecule has 1 spiro atoms. The van der Waals surface area contributed by atoms with Crippen molar-refractivity contribution in [3.05, 3.63) is 29.8 Å². The van der Waals surface area contributed by atoms with E-state index in [4.69, 9.17) is 4.74 Å². The van der Waals surface area contributed by atoms with Gasteiger partial charge in [0.1, 0.15) is 5.75 Å². The van der Waals surface area contributed by atoms with E-state index in [0.29, 0.717) is 18.4 Å². The molecule has 0 atom stereocenters. The molecule has 0 bridgehead atoms. The van der Waals surface area contributed by atoms with Crippen LogP contribution >= 0.6 is 12.4 Å². The van der Waals surface area contributed by atoms with Gasteiger partial charge in [0.2, 0.25) is 5.91 Å². The first-order chi connectivity index (χ1) is 10.7. The second-order valence-corrected chi connectivity index (χ2v) is 6.72. The Kier molecular flexibility index (Phi) is 6.31. The maximum atomic E-state index is 12.3. The van der Waals surface area contributed by atoms with Crippen molar-refractivity contribution in [2.24, 2.45) is 5.41 Å². The molecule has 1 amide bonds. The lowest BCUT2D eigenvalue weighted by atomic mass is 9.78. The Labute approximate surface area is 145 Å². The van der Waals surface area contributed by atoms with Gasteiger partial charge in [0.15, 0.2) is 0 Å². The number of nitrogens with one attached hydrogen (secondary N) is 1. The highest BCUT2D eigenvalue weighted by Crippen LogP contribution is 2.36. The van der Waals surface area contributed by atoms with Gasteiger partial charge in [0.05, 0.1) is 13.0 Å². The van der Waals surface area contributed by atoms with Gasteiger partial charge in [-0.25, -0.2) is 0 Å². The van der Waals surface area contributed by atoms with E-state index < -0.39 is 0 Å². The molecule has 1 N–H and O–H groups in total. The largest absolute Gasteiger partial charge is 0.493 e. The van der Waals surface area contributed by atoms with Crippen molar-refractivity contribution in [1.82, 2.24) is 10.2 Å². The van der Waals surface area contributed by atoms with Crippen LogP contribution in [-0.4, -0.2) is 43.6 Å². The fourth-order valence-corrected chi connectivity index (χ4v) is 3.57. The first-order valence-electron chi connectivity index (χ1n) is 8.35. The van der Waals surface area contributed by atoms with Crippen LogP contribution in [0.2, 0.25) is 0 Å². The maximum absolute atomic E-state index is 12.3. The third-order valence-corrected chi connectivity index (χ3v) is 5.08. The number of rotatable bonds is 4. The van der Waals surface area contributed by atoms with Crippen LogP contribution in [0.3, 0.4) is 0 Å². The van der Waals surface area contributed by atoms with Gasteiger partial charge in [-0.1, -0.05) is 12.1 Å². The van der Waals surface area contributed by atoms with Crippen LogP contribution in [0.1, 0.15) is 31.2 Å². The summed E-state index contributed by atoms with van der Waals surface area (Å²) in [7, 11) is 0. The Balaban J connectivity index is 0.00000192. The molecule has 2 aliphatic heterocycles. The van der Waals surface area contributed by atoms with Gasteiger partial charge in [0.25, 0.3) is 0 Å². The number of likely N-dealkylation sites (tertiary alicyclic amines) is 1. The van der Waals surface area contributed by atoms with Gasteiger partial charge in [-0.05, 0) is 55.8 Å². The smallest absolute Gasteiger partial charge is 0.225 e. The minimum atomic E-state index is 0. The number of amides is 1. The molecule has 4 nitrogen and oxygen atoms in total. The zero-order chi connectivity index (χ0) is 15.4. The third kappa shape index (κ3) is 4.61. The molecule has 2 saturated heterocycles. The average molecular weight is 339 g/mol. The highest BCUT2D eigenvalue weighted by molar-refractivity contribution is 5.85. The lowest BCUT2D eigenvalue weighted by Crippen LogP contribution is -2.44. The number of hydrogen-bond acceptors (Lipinski definition) is 3. The quantitative estimate of drug-likeness (QED) is 0.917. The SMILES string of the molecule is Cc1cccc(OCCC(=O)N2CCC3(CCNC3)CC2)c1.Cl. The van der Waals surface area contributed by atoms with Crippen LogP contribution in [0.4, 0.5) is 0 Å². The van der Waals surface area contributed by atoms with Gasteiger partial charge < -0.3 is 15.0 Å². The van der Waals surface area contributed by atoms with Gasteiger partial charge >= 0.3 is 0 Å². The van der Waals surface area contributed by atoms with Crippen molar-refractivity contribution >= 4 is 18.3 Å². The molecule has 2 fully saturated rings. The van der Waals surface area contributed by atoms with E-state index in [1.165, 1.54) is 12.0 Å². The summed E-state index contributed by atoms with van der Waals surface area (Å²) in [4.78, 5) is 14.3. The molecule has 23 heavy (non-hydrogen) atoms. The second kappa shape index (κ2) is 8.02. The highest BCUT2D eigenvalue weighted by Gasteiger charge is 2.37. The number of carbonyl (C=O) groups excluding carboxylic acids is 1. The molecule has 5 heteroatoms. The van der Waals surface area contributed by atoms with Crippen molar-refractivity contribution in [1.29, 1.82) is 0 Å². The zero-order valence-corrected chi connectivity index (χ0v) is 14.7. The van der Waals surface area contributed by atoms with Crippen molar-refractivity contribution in [2.75, 3.05) is 32.8 Å². The van der Waals surface area contributed by atoms with Crippen LogP contribution < -0.4 is 10.1 Å². The molecular formula is C18H27ClN2O2. The summed E-state index contributed by atoms with van der Waals surface area (Å²) in [6, 6.07) is 7.96. The van der Waals surface area contributed by atoms with E-state index in [1.807, 2.05) is 36.1 Å². The van der Waals surface area contributed by atoms with Gasteiger partial charge in [-0.15, -0.1) is 12.4 Å². The summed E-state index contributed by atoms with van der Waals surface area (Å²) >= 11 is 0. The highest BCUT2D eigenvalue weighted by atomic mass is 35.5. The fraction of sp³-hybridized carbons (Fsp3) is 0.611. The van der Waals surface area contributed by atoms with Crippen LogP contribution in [0, 0.1) is 12.3 Å². The molecule has 0 aliphatic carbocycles. The Morgan fingerprint density at radius 3 is 2.74 bits per heavy atom. The summed E-state index contributed by atoms with van der Waals surface area (Å²) in [5.41, 5.74) is 1.64. The molecule has 1 aromatic carbocycles. The summed E-state index contributed by atoms with van der Waals surface area (Å²) in [6.45, 7) is 6.59. The third-order valence-electron chi connectivity index (χ3n) is 5.08. The fourth-order valence-electron chi connectivity index (χ4n) is 3.57. The second-order valence-electron chi connectivity index (χ2n) is 6.72. The topological polar surface area (TPSA) is 41.6 Å². The summed E-state index contributed by atoms with van der Waals surface area (Å²) < 4.78 is 5.68. The van der Waals surface area contributed by atoms with E-state index in [9.17, 15) is 4.79 Å². The molecule has 0 saturated carbocycles. The number of carbonyl (C=O) groups is 1. The molecule has 0 aromatic heterocycles. The van der Waals surface area contributed by atoms with E-state index in [1.54, 1.807) is 0 Å². The monoisotopic (exact) mass is 338 g/mol. The molecule has 3 rings (SSSR count). The number of halogens is 1. The van der Waals surface area contributed by atoms with E-state index in [0.717, 1.165) is 44.8 Å². The van der Waals surface area contributed by atoms with Crippen molar-refractivity contribution in [3.8, 4) is 5.75 Å². The summed E-state index contributed by atoms with van der Waals surface area (Å²) in [5.74, 6) is 1.08. The minimum absolute atomic E-state index is 0. The predicted molar refractivity (Wildman–Crippen MR) is 94.3 cm³/mol. The zero-order valence-electron chi connectivity index (χ0n) is 13.8. The van der Waals surface area contributed by atoms with Gasteiger partial charge in [0, 0.05) is 19.6 Å². The molecule has 128 valence electrons. The van der Waals surface area contributed by atoms with Crippen molar-refractivity contribution < 1.29 is 9.53 Å². The van der Waals surface area contributed by atoms with Crippen LogP contribution in [0.5, 0.6) is 5.75 Å². The average Bonchev–Trinajstić information content (AvgIpc) is 2.96. The first kappa shape index (κ1) is 18.1. The van der Waals surface area contributed by atoms with Crippen LogP contribution in [0.25, 0.3) is 0 Å². The lowest BCUT2D eigenvalue weighted by molar-refractivity contribution is -0.133. The van der Waals surface area contributed by atoms with Crippen LogP contribution in [0.15, 0.2) is 24.3 Å². The van der Waals surface area contributed by atoms with E-state index >= 15 is 0 Å². The van der Waals surface area contributed by atoms with Crippen LogP contribution in [-0.2, 0) is 4.79 Å². The minimum Gasteiger partial charge on any atom is -0.493 e. The number of aryl methyl sites for hydroxylation is 1. The molecule has 1 aromatic rings. The molecule has 2 aliphatic rings. The van der Waals surface area contributed by atoms with Gasteiger partial charge in [-0.2, -0.15) is 0 Å². The standard InChI is InChI=1S/C18H26N2O2.ClH/c1-15-3-2-4-16(13-15)22-12-5-17(21)20-10-7-18(8-11-20)6-9-19-14-18;/h2-4,13,19H,5-12,14H2,1H3;1H. The van der Waals surface area contributed by atoms with Crippen molar-refractivity contribution in [3.63, 3.8) is 0 Å². The number of benzene rings is 1. The number of piperidine rings is 1. The number of hydrogen-bond donors (Lipinski definition) is 1. The summed E-state index contributed by atoms with van der Waals surface area (Å²) in [6.07, 6.45) is 4.03. The lowest BCUT2D eigenvalue weighted by Gasteiger charge is -2.38. The van der Waals surface area contributed by atoms with Crippen molar-refractivity contribution in [2.45, 2.75) is 32.6 Å². The Morgan fingerprint density at radius 2 is 2.09 bits per heavy atom. The maximum Gasteiger partial charge on any atom is 0.225 e. The predicted octanol–water partition coefficient (Wildman–Crippen LogP) is 2.79. The Hall–Kier alpha value is -1.26. The molecule has 2 heterocycles. The van der Waals surface area contributed by atoms with E-state index in [2.05, 4.69) is 5.32 Å². The summed E-state index contributed by atoms with van der Waals surface area (Å²) in [5, 5.41) is 3.46. The molecule has 0 unspecified atom stereocenters. The van der Waals surface area contributed by atoms with Gasteiger partial charge in [-0.3, -0.25) is 4.79 Å². The first-order valence-corrected chi connectivity index (χ1v) is 8.35. The molecular weight excluding hydrogens is 312 g/mol. The van der Waals surface area contributed by atoms with E-state index in [-0.39, 0.29) is 18.3 Å². The number of ether oxygens (including phenoxy) is 1. The number of nitrogens with zero attached hydrogens (tertiary/aromatic N) is 1. The Morgan fingerprint density at radius 1 is 1.30 bits per heavy atom.